The minimum atomic E-state index is -0.940. The first-order valence-electron chi connectivity index (χ1n) is 4.95. The number of methoxy groups -OCH3 is 1. The smallest absolute Gasteiger partial charge is 0.365 e. The summed E-state index contributed by atoms with van der Waals surface area (Å²) in [5.74, 6) is -1.55. The normalized spacial score (nSPS) is 9.89. The molecule has 0 unspecified atom stereocenters. The molecular formula is C9H11N3O6. The second-order valence-corrected chi connectivity index (χ2v) is 3.11. The number of ether oxygens (including phenoxy) is 2. The molecule has 0 fully saturated rings. The summed E-state index contributed by atoms with van der Waals surface area (Å²) in [6, 6.07) is 0. The van der Waals surface area contributed by atoms with Crippen LogP contribution in [0.5, 0.6) is 0 Å². The van der Waals surface area contributed by atoms with Gasteiger partial charge in [-0.3, -0.25) is 19.6 Å². The number of hydrogen-bond donors (Lipinski definition) is 0. The van der Waals surface area contributed by atoms with Gasteiger partial charge in [-0.05, 0) is 6.92 Å². The maximum atomic E-state index is 11.2. The Balaban J connectivity index is 2.99. The van der Waals surface area contributed by atoms with Crippen molar-refractivity contribution in [2.45, 2.75) is 13.5 Å². The van der Waals surface area contributed by atoms with Crippen LogP contribution in [0.4, 0.5) is 5.69 Å². The summed E-state index contributed by atoms with van der Waals surface area (Å²) in [5.41, 5.74) is -0.974. The number of rotatable bonds is 5. The zero-order valence-electron chi connectivity index (χ0n) is 9.78. The molecule has 0 radical (unpaired) electrons. The molecule has 1 rings (SSSR count). The zero-order chi connectivity index (χ0) is 13.7. The van der Waals surface area contributed by atoms with E-state index in [1.807, 2.05) is 0 Å². The van der Waals surface area contributed by atoms with E-state index >= 15 is 0 Å². The predicted octanol–water partition coefficient (Wildman–Crippen LogP) is 0.141. The largest absolute Gasteiger partial charge is 0.465 e. The maximum absolute atomic E-state index is 11.2. The van der Waals surface area contributed by atoms with Crippen molar-refractivity contribution in [1.29, 1.82) is 0 Å². The lowest BCUT2D eigenvalue weighted by Crippen LogP contribution is -2.14. The number of nitrogens with zero attached hydrogens (tertiary/aromatic N) is 3. The van der Waals surface area contributed by atoms with Gasteiger partial charge >= 0.3 is 17.6 Å². The van der Waals surface area contributed by atoms with Crippen LogP contribution in [0, 0.1) is 10.1 Å². The standard InChI is InChI=1S/C9H11N3O6/c1-3-18-7(13)5-11-4-6(12(15)16)8(10-11)9(14)17-2/h4H,3,5H2,1-2H3. The maximum Gasteiger partial charge on any atom is 0.365 e. The van der Waals surface area contributed by atoms with Gasteiger partial charge in [0.15, 0.2) is 0 Å². The average molecular weight is 257 g/mol. The topological polar surface area (TPSA) is 114 Å². The van der Waals surface area contributed by atoms with Gasteiger partial charge in [-0.25, -0.2) is 4.79 Å². The Morgan fingerprint density at radius 3 is 2.72 bits per heavy atom. The minimum absolute atomic E-state index is 0.187. The highest BCUT2D eigenvalue weighted by Gasteiger charge is 2.26. The molecule has 0 bridgehead atoms. The number of carbonyl (C=O) groups is 2. The van der Waals surface area contributed by atoms with Crippen LogP contribution in [0.15, 0.2) is 6.20 Å². The number of aromatic nitrogens is 2. The van der Waals surface area contributed by atoms with Crippen molar-refractivity contribution in [1.82, 2.24) is 9.78 Å². The van der Waals surface area contributed by atoms with E-state index in [9.17, 15) is 19.7 Å². The Hall–Kier alpha value is -2.45. The summed E-state index contributed by atoms with van der Waals surface area (Å²) in [6.07, 6.45) is 0.975. The predicted molar refractivity (Wildman–Crippen MR) is 56.9 cm³/mol. The van der Waals surface area contributed by atoms with E-state index in [-0.39, 0.29) is 13.2 Å². The summed E-state index contributed by atoms with van der Waals surface area (Å²) in [6.45, 7) is 1.50. The molecule has 18 heavy (non-hydrogen) atoms. The van der Waals surface area contributed by atoms with Gasteiger partial charge in [0.2, 0.25) is 5.69 Å². The molecule has 1 aromatic rings. The first-order chi connectivity index (χ1) is 8.49. The molecule has 0 aliphatic rings. The number of esters is 2. The summed E-state index contributed by atoms with van der Waals surface area (Å²) in [5, 5.41) is 14.3. The van der Waals surface area contributed by atoms with Crippen LogP contribution >= 0.6 is 0 Å². The average Bonchev–Trinajstić information content (AvgIpc) is 2.72. The summed E-state index contributed by atoms with van der Waals surface area (Å²) >= 11 is 0. The van der Waals surface area contributed by atoms with E-state index in [4.69, 9.17) is 0 Å². The van der Waals surface area contributed by atoms with Crippen LogP contribution in [-0.4, -0.2) is 40.4 Å². The molecule has 9 heteroatoms. The third kappa shape index (κ3) is 3.03. The fraction of sp³-hybridized carbons (Fsp3) is 0.444. The van der Waals surface area contributed by atoms with Gasteiger partial charge in [0.25, 0.3) is 0 Å². The van der Waals surface area contributed by atoms with Gasteiger partial charge in [0.05, 0.1) is 18.6 Å². The van der Waals surface area contributed by atoms with Crippen molar-refractivity contribution < 1.29 is 24.0 Å². The first-order valence-corrected chi connectivity index (χ1v) is 4.95. The molecule has 0 aliphatic heterocycles. The van der Waals surface area contributed by atoms with E-state index in [2.05, 4.69) is 14.6 Å². The Morgan fingerprint density at radius 2 is 2.22 bits per heavy atom. The Bertz CT molecular complexity index is 481. The second kappa shape index (κ2) is 5.75. The van der Waals surface area contributed by atoms with Gasteiger partial charge < -0.3 is 9.47 Å². The number of carbonyl (C=O) groups excluding carboxylic acids is 2. The second-order valence-electron chi connectivity index (χ2n) is 3.11. The van der Waals surface area contributed by atoms with E-state index in [0.717, 1.165) is 18.0 Å². The van der Waals surface area contributed by atoms with Gasteiger partial charge in [0, 0.05) is 0 Å². The van der Waals surface area contributed by atoms with Crippen LogP contribution in [0.3, 0.4) is 0 Å². The fourth-order valence-corrected chi connectivity index (χ4v) is 1.21. The monoisotopic (exact) mass is 257 g/mol. The number of nitro groups is 1. The Labute approximate surface area is 101 Å². The highest BCUT2D eigenvalue weighted by molar-refractivity contribution is 5.91. The van der Waals surface area contributed by atoms with Crippen molar-refractivity contribution in [3.8, 4) is 0 Å². The molecule has 98 valence electrons. The quantitative estimate of drug-likeness (QED) is 0.418. The molecule has 1 heterocycles. The molecule has 0 spiro atoms. The van der Waals surface area contributed by atoms with Gasteiger partial charge in [-0.2, -0.15) is 5.10 Å². The summed E-state index contributed by atoms with van der Waals surface area (Å²) < 4.78 is 9.97. The molecular weight excluding hydrogens is 246 g/mol. The molecule has 0 aliphatic carbocycles. The fourth-order valence-electron chi connectivity index (χ4n) is 1.21. The third-order valence-electron chi connectivity index (χ3n) is 1.91. The van der Waals surface area contributed by atoms with Crippen molar-refractivity contribution in [3.05, 3.63) is 22.0 Å². The molecule has 0 saturated carbocycles. The third-order valence-corrected chi connectivity index (χ3v) is 1.91. The molecule has 0 saturated heterocycles. The zero-order valence-corrected chi connectivity index (χ0v) is 9.78. The lowest BCUT2D eigenvalue weighted by atomic mass is 10.4. The molecule has 0 aromatic carbocycles. The molecule has 0 amide bonds. The van der Waals surface area contributed by atoms with E-state index in [1.54, 1.807) is 6.92 Å². The van der Waals surface area contributed by atoms with Crippen LogP contribution < -0.4 is 0 Å². The van der Waals surface area contributed by atoms with Gasteiger partial charge in [-0.15, -0.1) is 0 Å². The van der Waals surface area contributed by atoms with Crippen molar-refractivity contribution in [2.75, 3.05) is 13.7 Å². The molecule has 9 nitrogen and oxygen atoms in total. The summed E-state index contributed by atoms with van der Waals surface area (Å²) in [4.78, 5) is 32.3. The van der Waals surface area contributed by atoms with E-state index in [0.29, 0.717) is 0 Å². The molecule has 1 aromatic heterocycles. The van der Waals surface area contributed by atoms with Crippen LogP contribution in [0.25, 0.3) is 0 Å². The Morgan fingerprint density at radius 1 is 1.56 bits per heavy atom. The van der Waals surface area contributed by atoms with Gasteiger partial charge in [-0.1, -0.05) is 0 Å². The van der Waals surface area contributed by atoms with Crippen molar-refractivity contribution in [2.24, 2.45) is 0 Å². The summed E-state index contributed by atoms with van der Waals surface area (Å²) in [7, 11) is 1.08. The lowest BCUT2D eigenvalue weighted by molar-refractivity contribution is -0.385. The SMILES string of the molecule is CCOC(=O)Cn1cc([N+](=O)[O-])c(C(=O)OC)n1. The van der Waals surface area contributed by atoms with Crippen LogP contribution in [-0.2, 0) is 20.8 Å². The lowest BCUT2D eigenvalue weighted by Gasteiger charge is -2.00. The van der Waals surface area contributed by atoms with E-state index in [1.165, 1.54) is 0 Å². The minimum Gasteiger partial charge on any atom is -0.465 e. The van der Waals surface area contributed by atoms with Crippen LogP contribution in [0.1, 0.15) is 17.4 Å². The van der Waals surface area contributed by atoms with Crippen molar-refractivity contribution >= 4 is 17.6 Å². The van der Waals surface area contributed by atoms with Crippen molar-refractivity contribution in [3.63, 3.8) is 0 Å². The highest BCUT2D eigenvalue weighted by atomic mass is 16.6. The number of hydrogen-bond acceptors (Lipinski definition) is 7. The van der Waals surface area contributed by atoms with E-state index < -0.39 is 28.2 Å². The van der Waals surface area contributed by atoms with Gasteiger partial charge in [0.1, 0.15) is 12.7 Å². The highest BCUT2D eigenvalue weighted by Crippen LogP contribution is 2.17. The first kappa shape index (κ1) is 13.6. The molecule has 0 N–H and O–H groups in total. The van der Waals surface area contributed by atoms with Crippen LogP contribution in [0.2, 0.25) is 0 Å². The molecule has 0 atom stereocenters. The Kier molecular flexibility index (Phi) is 4.35.